The summed E-state index contributed by atoms with van der Waals surface area (Å²) in [6.45, 7) is 8.03. The second kappa shape index (κ2) is 6.58. The number of rotatable bonds is 3. The number of benzene rings is 1. The van der Waals surface area contributed by atoms with E-state index in [2.05, 4.69) is 26.1 Å². The molecular formula is C20H28N2O2. The molecule has 1 aromatic carbocycles. The monoisotopic (exact) mass is 328 g/mol. The van der Waals surface area contributed by atoms with Gasteiger partial charge in [-0.1, -0.05) is 32.9 Å². The Balaban J connectivity index is 1.51. The molecule has 0 spiro atoms. The van der Waals surface area contributed by atoms with E-state index in [1.54, 1.807) is 0 Å². The molecule has 0 radical (unpaired) electrons. The molecule has 0 atom stereocenters. The van der Waals surface area contributed by atoms with Gasteiger partial charge in [-0.3, -0.25) is 9.59 Å². The normalized spacial score (nSPS) is 19.2. The fraction of sp³-hybridized carbons (Fsp3) is 0.600. The van der Waals surface area contributed by atoms with E-state index in [-0.39, 0.29) is 23.3 Å². The number of nitrogens with one attached hydrogen (secondary N) is 1. The molecule has 4 heteroatoms. The van der Waals surface area contributed by atoms with Crippen LogP contribution in [0.1, 0.15) is 62.4 Å². The Bertz CT molecular complexity index is 604. The lowest BCUT2D eigenvalue weighted by molar-refractivity contribution is -0.133. The Morgan fingerprint density at radius 2 is 1.58 bits per heavy atom. The standard InChI is InChI=1S/C20H28N2O2/c1-20(2,3)16-8-6-14(7-9-16)18(23)21-17-10-12-22(13-11-17)19(24)15-4-5-15/h6-9,15,17H,4-5,10-13H2,1-3H3,(H,21,23). The summed E-state index contributed by atoms with van der Waals surface area (Å²) in [5.41, 5.74) is 2.03. The Morgan fingerprint density at radius 1 is 1.00 bits per heavy atom. The Labute approximate surface area is 144 Å². The SMILES string of the molecule is CC(C)(C)c1ccc(C(=O)NC2CCN(C(=O)C3CC3)CC2)cc1. The molecule has 1 saturated carbocycles. The molecule has 2 fully saturated rings. The second-order valence-electron chi connectivity index (χ2n) is 8.17. The van der Waals surface area contributed by atoms with Crippen molar-refractivity contribution in [1.29, 1.82) is 0 Å². The molecule has 4 nitrogen and oxygen atoms in total. The molecule has 130 valence electrons. The Hall–Kier alpha value is -1.84. The predicted octanol–water partition coefficient (Wildman–Crippen LogP) is 3.11. The first-order valence-corrected chi connectivity index (χ1v) is 9.05. The van der Waals surface area contributed by atoms with Gasteiger partial charge in [0.15, 0.2) is 0 Å². The van der Waals surface area contributed by atoms with E-state index in [0.29, 0.717) is 11.5 Å². The number of hydrogen-bond acceptors (Lipinski definition) is 2. The minimum atomic E-state index is -0.0116. The number of nitrogens with zero attached hydrogens (tertiary/aromatic N) is 1. The van der Waals surface area contributed by atoms with Gasteiger partial charge in [-0.15, -0.1) is 0 Å². The number of piperidine rings is 1. The first kappa shape index (κ1) is 17.0. The van der Waals surface area contributed by atoms with E-state index in [1.807, 2.05) is 29.2 Å². The Morgan fingerprint density at radius 3 is 2.08 bits per heavy atom. The summed E-state index contributed by atoms with van der Waals surface area (Å²) in [4.78, 5) is 26.4. The number of amides is 2. The Kier molecular flexibility index (Phi) is 4.66. The average molecular weight is 328 g/mol. The summed E-state index contributed by atoms with van der Waals surface area (Å²) < 4.78 is 0. The van der Waals surface area contributed by atoms with E-state index in [0.717, 1.165) is 38.8 Å². The molecule has 1 heterocycles. The third kappa shape index (κ3) is 3.97. The summed E-state index contributed by atoms with van der Waals surface area (Å²) >= 11 is 0. The molecule has 24 heavy (non-hydrogen) atoms. The molecule has 1 aromatic rings. The summed E-state index contributed by atoms with van der Waals surface area (Å²) in [6.07, 6.45) is 3.81. The van der Waals surface area contributed by atoms with Crippen LogP contribution >= 0.6 is 0 Å². The van der Waals surface area contributed by atoms with Crippen molar-refractivity contribution in [1.82, 2.24) is 10.2 Å². The zero-order valence-corrected chi connectivity index (χ0v) is 15.0. The highest BCUT2D eigenvalue weighted by atomic mass is 16.2. The average Bonchev–Trinajstić information content (AvgIpc) is 3.39. The van der Waals surface area contributed by atoms with Gasteiger partial charge >= 0.3 is 0 Å². The van der Waals surface area contributed by atoms with Gasteiger partial charge in [0.25, 0.3) is 5.91 Å². The van der Waals surface area contributed by atoms with Crippen LogP contribution in [0.4, 0.5) is 0 Å². The van der Waals surface area contributed by atoms with E-state index in [1.165, 1.54) is 5.56 Å². The topological polar surface area (TPSA) is 49.4 Å². The predicted molar refractivity (Wildman–Crippen MR) is 94.9 cm³/mol. The lowest BCUT2D eigenvalue weighted by Gasteiger charge is -2.32. The molecule has 0 bridgehead atoms. The molecule has 1 aliphatic heterocycles. The molecule has 0 aromatic heterocycles. The van der Waals surface area contributed by atoms with Gasteiger partial charge in [-0.25, -0.2) is 0 Å². The third-order valence-electron chi connectivity index (χ3n) is 5.08. The second-order valence-corrected chi connectivity index (χ2v) is 8.17. The number of hydrogen-bond donors (Lipinski definition) is 1. The fourth-order valence-corrected chi connectivity index (χ4v) is 3.22. The van der Waals surface area contributed by atoms with Gasteiger partial charge in [0, 0.05) is 30.6 Å². The van der Waals surface area contributed by atoms with Crippen molar-refractivity contribution in [3.05, 3.63) is 35.4 Å². The van der Waals surface area contributed by atoms with E-state index in [9.17, 15) is 9.59 Å². The van der Waals surface area contributed by atoms with Crippen LogP contribution in [0, 0.1) is 5.92 Å². The summed E-state index contributed by atoms with van der Waals surface area (Å²) in [5.74, 6) is 0.595. The van der Waals surface area contributed by atoms with Crippen LogP contribution in [0.25, 0.3) is 0 Å². The largest absolute Gasteiger partial charge is 0.349 e. The molecule has 1 aliphatic carbocycles. The van der Waals surface area contributed by atoms with Crippen molar-refractivity contribution in [2.24, 2.45) is 5.92 Å². The van der Waals surface area contributed by atoms with Crippen LogP contribution in [-0.4, -0.2) is 35.8 Å². The fourth-order valence-electron chi connectivity index (χ4n) is 3.22. The van der Waals surface area contributed by atoms with Crippen molar-refractivity contribution in [3.8, 4) is 0 Å². The highest BCUT2D eigenvalue weighted by molar-refractivity contribution is 5.94. The van der Waals surface area contributed by atoms with Gasteiger partial charge in [0.2, 0.25) is 5.91 Å². The van der Waals surface area contributed by atoms with Crippen LogP contribution in [-0.2, 0) is 10.2 Å². The number of likely N-dealkylation sites (tertiary alicyclic amines) is 1. The first-order valence-electron chi connectivity index (χ1n) is 9.05. The lowest BCUT2D eigenvalue weighted by Crippen LogP contribution is -2.47. The maximum absolute atomic E-state index is 12.4. The van der Waals surface area contributed by atoms with Gasteiger partial charge in [0.1, 0.15) is 0 Å². The lowest BCUT2D eigenvalue weighted by atomic mass is 9.86. The number of carbonyl (C=O) groups is 2. The molecule has 1 saturated heterocycles. The van der Waals surface area contributed by atoms with Crippen LogP contribution in [0.3, 0.4) is 0 Å². The quantitative estimate of drug-likeness (QED) is 0.927. The molecule has 0 unspecified atom stereocenters. The summed E-state index contributed by atoms with van der Waals surface area (Å²) in [5, 5.41) is 3.12. The minimum Gasteiger partial charge on any atom is -0.349 e. The van der Waals surface area contributed by atoms with Crippen LogP contribution < -0.4 is 5.32 Å². The van der Waals surface area contributed by atoms with E-state index < -0.39 is 0 Å². The van der Waals surface area contributed by atoms with Crippen LogP contribution in [0.5, 0.6) is 0 Å². The summed E-state index contributed by atoms with van der Waals surface area (Å²) in [7, 11) is 0. The van der Waals surface area contributed by atoms with Gasteiger partial charge in [-0.2, -0.15) is 0 Å². The van der Waals surface area contributed by atoms with Crippen molar-refractivity contribution >= 4 is 11.8 Å². The number of carbonyl (C=O) groups excluding carboxylic acids is 2. The van der Waals surface area contributed by atoms with Crippen LogP contribution in [0.2, 0.25) is 0 Å². The highest BCUT2D eigenvalue weighted by Gasteiger charge is 2.35. The van der Waals surface area contributed by atoms with Crippen molar-refractivity contribution in [2.75, 3.05) is 13.1 Å². The van der Waals surface area contributed by atoms with Gasteiger partial charge < -0.3 is 10.2 Å². The van der Waals surface area contributed by atoms with Crippen molar-refractivity contribution in [3.63, 3.8) is 0 Å². The maximum Gasteiger partial charge on any atom is 0.251 e. The zero-order valence-electron chi connectivity index (χ0n) is 15.0. The van der Waals surface area contributed by atoms with Gasteiger partial charge in [0.05, 0.1) is 0 Å². The molecule has 2 aliphatic rings. The molecule has 2 amide bonds. The summed E-state index contributed by atoms with van der Waals surface area (Å²) in [6, 6.07) is 8.05. The zero-order chi connectivity index (χ0) is 17.3. The highest BCUT2D eigenvalue weighted by Crippen LogP contribution is 2.32. The van der Waals surface area contributed by atoms with Crippen molar-refractivity contribution < 1.29 is 9.59 Å². The minimum absolute atomic E-state index is 0.0116. The maximum atomic E-state index is 12.4. The molecular weight excluding hydrogens is 300 g/mol. The third-order valence-corrected chi connectivity index (χ3v) is 5.08. The molecule has 1 N–H and O–H groups in total. The van der Waals surface area contributed by atoms with Gasteiger partial charge in [-0.05, 0) is 48.8 Å². The van der Waals surface area contributed by atoms with E-state index in [4.69, 9.17) is 0 Å². The van der Waals surface area contributed by atoms with E-state index >= 15 is 0 Å². The molecule has 3 rings (SSSR count). The van der Waals surface area contributed by atoms with Crippen LogP contribution in [0.15, 0.2) is 24.3 Å². The first-order chi connectivity index (χ1) is 11.3. The van der Waals surface area contributed by atoms with Crippen molar-refractivity contribution in [2.45, 2.75) is 57.9 Å². The smallest absolute Gasteiger partial charge is 0.251 e.